The first-order valence-corrected chi connectivity index (χ1v) is 18.2. The smallest absolute Gasteiger partial charge is 0.218 e. The lowest BCUT2D eigenvalue weighted by atomic mass is 9.99. The molecule has 4 heteroatoms. The van der Waals surface area contributed by atoms with Gasteiger partial charge in [0.2, 0.25) is 5.69 Å². The summed E-state index contributed by atoms with van der Waals surface area (Å²) in [5.41, 5.74) is 14.5. The van der Waals surface area contributed by atoms with Gasteiger partial charge in [-0.15, -0.1) is 0 Å². The first-order valence-electron chi connectivity index (χ1n) is 18.2. The molecule has 0 amide bonds. The van der Waals surface area contributed by atoms with E-state index in [4.69, 9.17) is 4.42 Å². The Balaban J connectivity index is 1.17. The van der Waals surface area contributed by atoms with Gasteiger partial charge in [0.1, 0.15) is 18.2 Å². The van der Waals surface area contributed by atoms with Crippen LogP contribution in [0.25, 0.3) is 99.3 Å². The number of para-hydroxylation sites is 3. The highest BCUT2D eigenvalue weighted by Gasteiger charge is 2.25. The molecule has 11 aromatic rings. The quantitative estimate of drug-likeness (QED) is 0.170. The van der Waals surface area contributed by atoms with Gasteiger partial charge in [0, 0.05) is 44.4 Å². The van der Waals surface area contributed by atoms with Crippen molar-refractivity contribution in [1.29, 1.82) is 0 Å². The summed E-state index contributed by atoms with van der Waals surface area (Å²) in [6.45, 7) is 2.19. The highest BCUT2D eigenvalue weighted by atomic mass is 16.3. The normalized spacial score (nSPS) is 12.0. The van der Waals surface area contributed by atoms with Gasteiger partial charge in [-0.05, 0) is 72.1 Å². The molecule has 4 nitrogen and oxygen atoms in total. The van der Waals surface area contributed by atoms with Gasteiger partial charge in [0.15, 0.2) is 6.20 Å². The van der Waals surface area contributed by atoms with E-state index in [1.807, 2.05) is 0 Å². The van der Waals surface area contributed by atoms with Gasteiger partial charge in [-0.3, -0.25) is 0 Å². The van der Waals surface area contributed by atoms with E-state index in [0.29, 0.717) is 0 Å². The molecule has 4 aromatic heterocycles. The number of furan rings is 1. The van der Waals surface area contributed by atoms with Crippen LogP contribution in [0.2, 0.25) is 0 Å². The van der Waals surface area contributed by atoms with Crippen molar-refractivity contribution in [1.82, 2.24) is 9.13 Å². The Bertz CT molecular complexity index is 3240. The second kappa shape index (κ2) is 11.3. The third kappa shape index (κ3) is 4.39. The third-order valence-electron chi connectivity index (χ3n) is 11.1. The van der Waals surface area contributed by atoms with Crippen LogP contribution in [0.5, 0.6) is 0 Å². The lowest BCUT2D eigenvalue weighted by Crippen LogP contribution is -2.30. The first-order chi connectivity index (χ1) is 26.1. The van der Waals surface area contributed by atoms with Crippen LogP contribution in [0.1, 0.15) is 5.56 Å². The van der Waals surface area contributed by atoms with Crippen molar-refractivity contribution in [2.45, 2.75) is 6.92 Å². The van der Waals surface area contributed by atoms with E-state index in [1.165, 1.54) is 49.2 Å². The topological polar surface area (TPSA) is 26.9 Å². The van der Waals surface area contributed by atoms with Crippen LogP contribution in [-0.4, -0.2) is 9.13 Å². The molecule has 0 bridgehead atoms. The largest absolute Gasteiger partial charge is 0.455 e. The predicted molar refractivity (Wildman–Crippen MR) is 219 cm³/mol. The average Bonchev–Trinajstić information content (AvgIpc) is 3.85. The van der Waals surface area contributed by atoms with Crippen molar-refractivity contribution >= 4 is 65.6 Å². The lowest BCUT2D eigenvalue weighted by molar-refractivity contribution is -0.659. The van der Waals surface area contributed by atoms with E-state index >= 15 is 0 Å². The molecule has 0 N–H and O–H groups in total. The number of aromatic nitrogens is 3. The van der Waals surface area contributed by atoms with Crippen LogP contribution in [-0.2, 0) is 7.05 Å². The zero-order chi connectivity index (χ0) is 35.2. The van der Waals surface area contributed by atoms with Crippen molar-refractivity contribution in [2.24, 2.45) is 7.05 Å². The summed E-state index contributed by atoms with van der Waals surface area (Å²) in [7, 11) is 2.15. The molecular formula is C49H34N3O+. The minimum Gasteiger partial charge on any atom is -0.455 e. The maximum Gasteiger partial charge on any atom is 0.218 e. The van der Waals surface area contributed by atoms with Crippen molar-refractivity contribution in [3.05, 3.63) is 176 Å². The second-order valence-corrected chi connectivity index (χ2v) is 14.1. The summed E-state index contributed by atoms with van der Waals surface area (Å²) in [5, 5.41) is 7.17. The van der Waals surface area contributed by atoms with Crippen molar-refractivity contribution in [3.63, 3.8) is 0 Å². The summed E-state index contributed by atoms with van der Waals surface area (Å²) in [6.07, 6.45) is 2.29. The lowest BCUT2D eigenvalue weighted by Gasteiger charge is -2.12. The summed E-state index contributed by atoms with van der Waals surface area (Å²) < 4.78 is 13.9. The fourth-order valence-corrected chi connectivity index (χ4v) is 8.60. The highest BCUT2D eigenvalue weighted by molar-refractivity contribution is 6.13. The predicted octanol–water partition coefficient (Wildman–Crippen LogP) is 12.2. The molecule has 0 spiro atoms. The molecule has 0 fully saturated rings. The maximum absolute atomic E-state index is 6.83. The second-order valence-electron chi connectivity index (χ2n) is 14.1. The van der Waals surface area contributed by atoms with Crippen LogP contribution < -0.4 is 4.57 Å². The fraction of sp³-hybridized carbons (Fsp3) is 0.0408. The van der Waals surface area contributed by atoms with Crippen LogP contribution >= 0.6 is 0 Å². The van der Waals surface area contributed by atoms with E-state index in [9.17, 15) is 0 Å². The Morgan fingerprint density at radius 2 is 1.06 bits per heavy atom. The van der Waals surface area contributed by atoms with Crippen LogP contribution in [0.3, 0.4) is 0 Å². The molecule has 53 heavy (non-hydrogen) atoms. The van der Waals surface area contributed by atoms with Crippen LogP contribution in [0, 0.1) is 6.92 Å². The number of benzene rings is 7. The molecule has 7 aromatic carbocycles. The summed E-state index contributed by atoms with van der Waals surface area (Å²) >= 11 is 0. The Hall–Kier alpha value is -6.91. The monoisotopic (exact) mass is 680 g/mol. The zero-order valence-electron chi connectivity index (χ0n) is 29.4. The Morgan fingerprint density at radius 1 is 0.453 bits per heavy atom. The van der Waals surface area contributed by atoms with Gasteiger partial charge in [0.05, 0.1) is 33.0 Å². The third-order valence-corrected chi connectivity index (χ3v) is 11.1. The molecule has 0 saturated heterocycles. The Kier molecular flexibility index (Phi) is 6.35. The molecule has 4 heterocycles. The van der Waals surface area contributed by atoms with E-state index in [2.05, 4.69) is 198 Å². The zero-order valence-corrected chi connectivity index (χ0v) is 29.4. The molecule has 0 aliphatic heterocycles. The van der Waals surface area contributed by atoms with E-state index in [1.54, 1.807) is 0 Å². The number of fused-ring (bicyclic) bond motifs is 9. The molecule has 0 saturated carbocycles. The number of hydrogen-bond donors (Lipinski definition) is 0. The molecule has 0 aliphatic carbocycles. The van der Waals surface area contributed by atoms with Gasteiger partial charge in [-0.25, -0.2) is 4.57 Å². The number of pyridine rings is 1. The molecule has 0 atom stereocenters. The van der Waals surface area contributed by atoms with Crippen molar-refractivity contribution < 1.29 is 8.98 Å². The van der Waals surface area contributed by atoms with Crippen molar-refractivity contribution in [3.8, 4) is 33.8 Å². The number of nitrogens with zero attached hydrogens (tertiary/aromatic N) is 3. The molecule has 0 unspecified atom stereocenters. The van der Waals surface area contributed by atoms with Crippen LogP contribution in [0.15, 0.2) is 174 Å². The maximum atomic E-state index is 6.83. The summed E-state index contributed by atoms with van der Waals surface area (Å²) in [5.74, 6) is 0. The molecule has 0 radical (unpaired) electrons. The Labute approximate surface area is 306 Å². The average molecular weight is 681 g/mol. The minimum absolute atomic E-state index is 0.896. The standard InChI is InChI=1S/C49H34N3O/c1-31-21-24-40-39-25-22-33(32-13-5-3-6-14-32)27-47(39)53-49(40)48(31)46-29-45-41(30-50(46)2)37-18-10-12-20-43(37)52(45)35-23-26-38-36-17-9-11-19-42(36)51(44(38)28-35)34-15-7-4-8-16-34/h3-30H,1-2H3/q+1. The van der Waals surface area contributed by atoms with Crippen molar-refractivity contribution in [2.75, 3.05) is 0 Å². The summed E-state index contributed by atoms with van der Waals surface area (Å²) in [4.78, 5) is 0. The van der Waals surface area contributed by atoms with Crippen LogP contribution in [0.4, 0.5) is 0 Å². The highest BCUT2D eigenvalue weighted by Crippen LogP contribution is 2.41. The van der Waals surface area contributed by atoms with Gasteiger partial charge >= 0.3 is 0 Å². The van der Waals surface area contributed by atoms with Gasteiger partial charge < -0.3 is 13.6 Å². The van der Waals surface area contributed by atoms with Gasteiger partial charge in [0.25, 0.3) is 0 Å². The van der Waals surface area contributed by atoms with E-state index < -0.39 is 0 Å². The summed E-state index contributed by atoms with van der Waals surface area (Å²) in [6, 6.07) is 58.9. The van der Waals surface area contributed by atoms with Gasteiger partial charge in [-0.2, -0.15) is 0 Å². The molecule has 250 valence electrons. The first kappa shape index (κ1) is 29.8. The number of rotatable bonds is 4. The van der Waals surface area contributed by atoms with Gasteiger partial charge in [-0.1, -0.05) is 109 Å². The number of aryl methyl sites for hydroxylation is 2. The molecule has 0 aliphatic rings. The molecular weight excluding hydrogens is 647 g/mol. The fourth-order valence-electron chi connectivity index (χ4n) is 8.60. The Morgan fingerprint density at radius 3 is 1.83 bits per heavy atom. The van der Waals surface area contributed by atoms with E-state index in [0.717, 1.165) is 55.7 Å². The minimum atomic E-state index is 0.896. The van der Waals surface area contributed by atoms with E-state index in [-0.39, 0.29) is 0 Å². The number of hydrogen-bond acceptors (Lipinski definition) is 1. The molecule has 11 rings (SSSR count). The SMILES string of the molecule is Cc1ccc2c(oc3cc(-c4ccccc4)ccc32)c1-c1cc2c(c[n+]1C)c1ccccc1n2-c1ccc2c3ccccc3n(-c3ccccc3)c2c1.